The van der Waals surface area contributed by atoms with Crippen molar-refractivity contribution in [2.24, 2.45) is 0 Å². The van der Waals surface area contributed by atoms with Gasteiger partial charge in [0.2, 0.25) is 0 Å². The van der Waals surface area contributed by atoms with Crippen LogP contribution >= 0.6 is 0 Å². The highest BCUT2D eigenvalue weighted by Crippen LogP contribution is 2.41. The Kier molecular flexibility index (Phi) is 5.25. The summed E-state index contributed by atoms with van der Waals surface area (Å²) in [5, 5.41) is 0. The molecule has 2 aliphatic carbocycles. The highest BCUT2D eigenvalue weighted by atomic mass is 16.1. The molecule has 1 heteroatoms. The molecule has 0 spiro atoms. The molecule has 2 aromatic rings. The summed E-state index contributed by atoms with van der Waals surface area (Å²) in [6.45, 7) is 0. The average Bonchev–Trinajstić information content (AvgIpc) is 2.76. The van der Waals surface area contributed by atoms with E-state index in [0.29, 0.717) is 18.6 Å². The van der Waals surface area contributed by atoms with E-state index < -0.39 is 0 Å². The Morgan fingerprint density at radius 3 is 1.43 bits per heavy atom. The van der Waals surface area contributed by atoms with Gasteiger partial charge in [-0.2, -0.15) is 0 Å². The smallest absolute Gasteiger partial charge is 0.135 e. The molecule has 4 rings (SSSR count). The van der Waals surface area contributed by atoms with E-state index in [-0.39, 0.29) is 10.8 Å². The summed E-state index contributed by atoms with van der Waals surface area (Å²) in [6, 6.07) is 20.9. The molecule has 0 amide bonds. The molecule has 0 saturated heterocycles. The van der Waals surface area contributed by atoms with Crippen molar-refractivity contribution in [3.05, 3.63) is 120 Å². The average molecular weight is 367 g/mol. The van der Waals surface area contributed by atoms with Crippen LogP contribution in [0.25, 0.3) is 0 Å². The Hall–Kier alpha value is -2.93. The van der Waals surface area contributed by atoms with E-state index >= 15 is 0 Å². The zero-order valence-corrected chi connectivity index (χ0v) is 16.1. The van der Waals surface area contributed by atoms with Gasteiger partial charge in [-0.25, -0.2) is 0 Å². The molecular weight excluding hydrogens is 340 g/mol. The number of carbonyl (C=O) groups is 1. The molecule has 28 heavy (non-hydrogen) atoms. The number of benzene rings is 2. The highest BCUT2D eigenvalue weighted by molar-refractivity contribution is 5.82. The van der Waals surface area contributed by atoms with E-state index in [4.69, 9.17) is 0 Å². The van der Waals surface area contributed by atoms with Gasteiger partial charge in [-0.15, -0.1) is 0 Å². The van der Waals surface area contributed by atoms with Gasteiger partial charge >= 0.3 is 0 Å². The molecule has 0 radical (unpaired) electrons. The molecular formula is C27H26O. The number of carbonyl (C=O) groups excluding carboxylic acids is 1. The monoisotopic (exact) mass is 366 g/mol. The zero-order chi connectivity index (χ0) is 19.3. The first-order chi connectivity index (χ1) is 13.7. The van der Waals surface area contributed by atoms with Crippen LogP contribution in [0.5, 0.6) is 0 Å². The third kappa shape index (κ3) is 3.71. The molecule has 0 bridgehead atoms. The minimum absolute atomic E-state index is 0.237. The highest BCUT2D eigenvalue weighted by Gasteiger charge is 2.37. The summed E-state index contributed by atoms with van der Waals surface area (Å²) in [7, 11) is 0. The van der Waals surface area contributed by atoms with E-state index in [1.165, 1.54) is 11.1 Å². The first-order valence-electron chi connectivity index (χ1n) is 10.0. The van der Waals surface area contributed by atoms with Crippen molar-refractivity contribution in [2.75, 3.05) is 0 Å². The molecule has 0 heterocycles. The van der Waals surface area contributed by atoms with Crippen molar-refractivity contribution in [1.29, 1.82) is 0 Å². The van der Waals surface area contributed by atoms with E-state index in [0.717, 1.165) is 12.8 Å². The van der Waals surface area contributed by atoms with Crippen LogP contribution in [-0.2, 0) is 15.6 Å². The van der Waals surface area contributed by atoms with Gasteiger partial charge in [0.1, 0.15) is 5.78 Å². The molecule has 1 nitrogen and oxygen atoms in total. The van der Waals surface area contributed by atoms with Gasteiger partial charge in [0.05, 0.1) is 0 Å². The van der Waals surface area contributed by atoms with Gasteiger partial charge in [0.15, 0.2) is 0 Å². The van der Waals surface area contributed by atoms with Crippen molar-refractivity contribution in [1.82, 2.24) is 0 Å². The molecule has 0 aromatic heterocycles. The maximum atomic E-state index is 13.4. The number of allylic oxidation sites excluding steroid dienone is 8. The predicted molar refractivity (Wildman–Crippen MR) is 116 cm³/mol. The fourth-order valence-corrected chi connectivity index (χ4v) is 4.53. The van der Waals surface area contributed by atoms with Gasteiger partial charge in [0, 0.05) is 23.7 Å². The summed E-state index contributed by atoms with van der Waals surface area (Å²) < 4.78 is 0. The number of ketones is 1. The van der Waals surface area contributed by atoms with Crippen LogP contribution < -0.4 is 0 Å². The van der Waals surface area contributed by atoms with Crippen molar-refractivity contribution in [3.63, 3.8) is 0 Å². The van der Waals surface area contributed by atoms with E-state index in [1.807, 2.05) is 12.1 Å². The number of hydrogen-bond acceptors (Lipinski definition) is 1. The van der Waals surface area contributed by atoms with Crippen LogP contribution in [0, 0.1) is 0 Å². The van der Waals surface area contributed by atoms with Crippen molar-refractivity contribution < 1.29 is 4.79 Å². The van der Waals surface area contributed by atoms with E-state index in [2.05, 4.69) is 97.1 Å². The Balaban J connectivity index is 1.61. The number of Topliss-reactive ketones (excluding diaryl/α,β-unsaturated/α-hetero) is 1. The molecule has 140 valence electrons. The Morgan fingerprint density at radius 2 is 1.07 bits per heavy atom. The van der Waals surface area contributed by atoms with E-state index in [1.54, 1.807) is 0 Å². The SMILES string of the molecule is O=C(CC1(c2ccccc2)C=CC=CC1)CC1(c2ccccc2)C=CC=CC1. The first kappa shape index (κ1) is 18.4. The molecule has 2 unspecified atom stereocenters. The topological polar surface area (TPSA) is 17.1 Å². The first-order valence-corrected chi connectivity index (χ1v) is 10.0. The summed E-state index contributed by atoms with van der Waals surface area (Å²) in [4.78, 5) is 13.4. The van der Waals surface area contributed by atoms with Crippen molar-refractivity contribution in [3.8, 4) is 0 Å². The molecule has 2 aromatic carbocycles. The quantitative estimate of drug-likeness (QED) is 0.591. The summed E-state index contributed by atoms with van der Waals surface area (Å²) in [5.41, 5.74) is 1.96. The fourth-order valence-electron chi connectivity index (χ4n) is 4.53. The Morgan fingerprint density at radius 1 is 0.643 bits per heavy atom. The van der Waals surface area contributed by atoms with Crippen molar-refractivity contribution in [2.45, 2.75) is 36.5 Å². The molecule has 0 aliphatic heterocycles. The maximum Gasteiger partial charge on any atom is 0.135 e. The second-order valence-electron chi connectivity index (χ2n) is 7.92. The minimum Gasteiger partial charge on any atom is -0.300 e. The lowest BCUT2D eigenvalue weighted by Crippen LogP contribution is -2.33. The largest absolute Gasteiger partial charge is 0.300 e. The second kappa shape index (κ2) is 7.98. The van der Waals surface area contributed by atoms with Gasteiger partial charge in [0.25, 0.3) is 0 Å². The summed E-state index contributed by atoms with van der Waals surface area (Å²) >= 11 is 0. The summed E-state index contributed by atoms with van der Waals surface area (Å²) in [5.74, 6) is 0.313. The third-order valence-electron chi connectivity index (χ3n) is 6.01. The maximum absolute atomic E-state index is 13.4. The Labute approximate surface area is 167 Å². The lowest BCUT2D eigenvalue weighted by Gasteiger charge is -2.35. The van der Waals surface area contributed by atoms with Crippen molar-refractivity contribution >= 4 is 5.78 Å². The zero-order valence-electron chi connectivity index (χ0n) is 16.1. The van der Waals surface area contributed by atoms with Crippen LogP contribution in [0.4, 0.5) is 0 Å². The number of hydrogen-bond donors (Lipinski definition) is 0. The van der Waals surface area contributed by atoms with E-state index in [9.17, 15) is 4.79 Å². The predicted octanol–water partition coefficient (Wildman–Crippen LogP) is 6.24. The van der Waals surface area contributed by atoms with Crippen LogP contribution in [0.2, 0.25) is 0 Å². The number of rotatable bonds is 6. The van der Waals surface area contributed by atoms with Crippen LogP contribution in [-0.4, -0.2) is 5.78 Å². The lowest BCUT2D eigenvalue weighted by molar-refractivity contribution is -0.120. The lowest BCUT2D eigenvalue weighted by atomic mass is 9.67. The van der Waals surface area contributed by atoms with Gasteiger partial charge < -0.3 is 0 Å². The molecule has 0 fully saturated rings. The summed E-state index contributed by atoms with van der Waals surface area (Å²) in [6.07, 6.45) is 19.9. The van der Waals surface area contributed by atoms with Gasteiger partial charge in [-0.3, -0.25) is 4.79 Å². The molecule has 2 aliphatic rings. The van der Waals surface area contributed by atoms with Gasteiger partial charge in [-0.05, 0) is 24.0 Å². The normalized spacial score (nSPS) is 25.7. The van der Waals surface area contributed by atoms with Crippen LogP contribution in [0.1, 0.15) is 36.8 Å². The molecule has 2 atom stereocenters. The van der Waals surface area contributed by atoms with Crippen LogP contribution in [0.15, 0.2) is 109 Å². The Bertz CT molecular complexity index is 855. The van der Waals surface area contributed by atoms with Crippen LogP contribution in [0.3, 0.4) is 0 Å². The van der Waals surface area contributed by atoms with Gasteiger partial charge in [-0.1, -0.05) is 109 Å². The second-order valence-corrected chi connectivity index (χ2v) is 7.92. The molecule has 0 saturated carbocycles. The minimum atomic E-state index is -0.237. The third-order valence-corrected chi connectivity index (χ3v) is 6.01. The molecule has 0 N–H and O–H groups in total. The standard InChI is InChI=1S/C27H26O/c28-25(21-26(17-9-3-10-18-26)23-13-5-1-6-14-23)22-27(19-11-4-12-20-27)24-15-7-2-8-16-24/h1-17,19H,18,20-22H2. The fraction of sp³-hybridized carbons (Fsp3) is 0.222.